The zero-order valence-electron chi connectivity index (χ0n) is 15.5. The van der Waals surface area contributed by atoms with E-state index in [9.17, 15) is 19.7 Å². The molecule has 1 saturated heterocycles. The molecule has 1 fully saturated rings. The van der Waals surface area contributed by atoms with E-state index in [1.165, 1.54) is 24.3 Å². The summed E-state index contributed by atoms with van der Waals surface area (Å²) in [7, 11) is 0. The molecule has 0 aliphatic carbocycles. The Morgan fingerprint density at radius 3 is 2.48 bits per heavy atom. The van der Waals surface area contributed by atoms with Crippen LogP contribution in [0.4, 0.5) is 11.4 Å². The molecule has 2 aromatic carbocycles. The third-order valence-electron chi connectivity index (χ3n) is 4.25. The maximum atomic E-state index is 12.1. The third kappa shape index (κ3) is 6.01. The Labute approximate surface area is 166 Å². The second-order valence-corrected chi connectivity index (χ2v) is 6.40. The molecule has 1 amide bonds. The fraction of sp³-hybridized carbons (Fsp3) is 0.300. The first-order chi connectivity index (χ1) is 14.0. The number of carbonyl (C=O) groups is 2. The molecule has 3 rings (SSSR count). The van der Waals surface area contributed by atoms with Crippen molar-refractivity contribution in [3.8, 4) is 5.75 Å². The fourth-order valence-corrected chi connectivity index (χ4v) is 2.73. The van der Waals surface area contributed by atoms with Crippen LogP contribution in [-0.4, -0.2) is 42.7 Å². The summed E-state index contributed by atoms with van der Waals surface area (Å²) in [4.78, 5) is 34.0. The van der Waals surface area contributed by atoms with Crippen molar-refractivity contribution in [2.24, 2.45) is 0 Å². The smallest absolute Gasteiger partial charge is 0.338 e. The minimum Gasteiger partial charge on any atom is -0.491 e. The third-order valence-corrected chi connectivity index (χ3v) is 4.25. The second kappa shape index (κ2) is 9.65. The van der Waals surface area contributed by atoms with Crippen molar-refractivity contribution in [2.45, 2.75) is 18.9 Å². The van der Waals surface area contributed by atoms with Crippen molar-refractivity contribution in [3.05, 3.63) is 64.2 Å². The zero-order chi connectivity index (χ0) is 20.6. The number of carbonyl (C=O) groups excluding carboxylic acids is 2. The summed E-state index contributed by atoms with van der Waals surface area (Å²) in [6, 6.07) is 11.8. The summed E-state index contributed by atoms with van der Waals surface area (Å²) in [5, 5.41) is 13.1. The van der Waals surface area contributed by atoms with Crippen molar-refractivity contribution in [1.82, 2.24) is 0 Å². The largest absolute Gasteiger partial charge is 0.491 e. The van der Waals surface area contributed by atoms with E-state index in [0.717, 1.165) is 19.4 Å². The van der Waals surface area contributed by atoms with Crippen LogP contribution in [0.25, 0.3) is 0 Å². The van der Waals surface area contributed by atoms with E-state index in [0.29, 0.717) is 18.0 Å². The highest BCUT2D eigenvalue weighted by atomic mass is 16.6. The molecule has 0 spiro atoms. The number of nitrogens with zero attached hydrogens (tertiary/aromatic N) is 1. The van der Waals surface area contributed by atoms with Gasteiger partial charge in [0.1, 0.15) is 12.4 Å². The number of hydrogen-bond donors (Lipinski definition) is 1. The quantitative estimate of drug-likeness (QED) is 0.411. The molecule has 1 atom stereocenters. The van der Waals surface area contributed by atoms with Gasteiger partial charge in [-0.1, -0.05) is 0 Å². The van der Waals surface area contributed by atoms with Gasteiger partial charge in [-0.3, -0.25) is 14.9 Å². The number of nitrogens with one attached hydrogen (secondary N) is 1. The molecule has 1 aliphatic heterocycles. The van der Waals surface area contributed by atoms with E-state index in [1.807, 2.05) is 0 Å². The van der Waals surface area contributed by atoms with E-state index < -0.39 is 23.4 Å². The lowest BCUT2D eigenvalue weighted by Crippen LogP contribution is -2.21. The second-order valence-electron chi connectivity index (χ2n) is 6.40. The van der Waals surface area contributed by atoms with Crippen molar-refractivity contribution in [3.63, 3.8) is 0 Å². The lowest BCUT2D eigenvalue weighted by Gasteiger charge is -2.11. The molecule has 152 valence electrons. The van der Waals surface area contributed by atoms with Crippen molar-refractivity contribution in [1.29, 1.82) is 0 Å². The van der Waals surface area contributed by atoms with Crippen molar-refractivity contribution < 1.29 is 28.7 Å². The molecule has 0 saturated carbocycles. The Bertz CT molecular complexity index is 859. The predicted molar refractivity (Wildman–Crippen MR) is 103 cm³/mol. The molecule has 0 aromatic heterocycles. The number of rotatable bonds is 8. The molecule has 2 aromatic rings. The van der Waals surface area contributed by atoms with Crippen molar-refractivity contribution >= 4 is 23.3 Å². The topological polar surface area (TPSA) is 117 Å². The standard InChI is InChI=1S/C20H20N2O7/c23-19(21-15-5-7-16(8-6-15)22(25)26)13-29-20(24)14-3-9-17(10-4-14)28-12-18-2-1-11-27-18/h3-10,18H,1-2,11-13H2,(H,21,23)/t18-/m1/s1. The van der Waals surface area contributed by atoms with Gasteiger partial charge in [0, 0.05) is 24.4 Å². The molecule has 0 unspecified atom stereocenters. The van der Waals surface area contributed by atoms with Gasteiger partial charge in [0.2, 0.25) is 0 Å². The maximum absolute atomic E-state index is 12.1. The average Bonchev–Trinajstić information content (AvgIpc) is 3.25. The summed E-state index contributed by atoms with van der Waals surface area (Å²) in [6.45, 7) is 0.746. The van der Waals surface area contributed by atoms with Gasteiger partial charge in [0.15, 0.2) is 6.61 Å². The van der Waals surface area contributed by atoms with Gasteiger partial charge < -0.3 is 19.5 Å². The normalized spacial score (nSPS) is 15.5. The maximum Gasteiger partial charge on any atom is 0.338 e. The highest BCUT2D eigenvalue weighted by molar-refractivity contribution is 5.95. The Kier molecular flexibility index (Phi) is 6.75. The van der Waals surface area contributed by atoms with Crippen LogP contribution in [-0.2, 0) is 14.3 Å². The van der Waals surface area contributed by atoms with E-state index >= 15 is 0 Å². The molecule has 1 N–H and O–H groups in total. The van der Waals surface area contributed by atoms with Crippen LogP contribution in [0.15, 0.2) is 48.5 Å². The molecule has 9 heteroatoms. The van der Waals surface area contributed by atoms with Gasteiger partial charge in [0.05, 0.1) is 16.6 Å². The molecule has 1 heterocycles. The Morgan fingerprint density at radius 2 is 1.86 bits per heavy atom. The summed E-state index contributed by atoms with van der Waals surface area (Å²) in [5.41, 5.74) is 0.569. The van der Waals surface area contributed by atoms with E-state index in [-0.39, 0.29) is 17.4 Å². The van der Waals surface area contributed by atoms with E-state index in [1.54, 1.807) is 24.3 Å². The Balaban J connectivity index is 1.43. The van der Waals surface area contributed by atoms with Gasteiger partial charge in [-0.2, -0.15) is 0 Å². The minimum atomic E-state index is -0.644. The first-order valence-electron chi connectivity index (χ1n) is 9.07. The molecule has 9 nitrogen and oxygen atoms in total. The first kappa shape index (κ1) is 20.3. The number of amides is 1. The first-order valence-corrected chi connectivity index (χ1v) is 9.07. The number of nitro benzene ring substituents is 1. The van der Waals surface area contributed by atoms with E-state index in [2.05, 4.69) is 5.32 Å². The Hall–Kier alpha value is -3.46. The molecule has 0 bridgehead atoms. The number of ether oxygens (including phenoxy) is 3. The summed E-state index contributed by atoms with van der Waals surface area (Å²) >= 11 is 0. The lowest BCUT2D eigenvalue weighted by molar-refractivity contribution is -0.384. The summed E-state index contributed by atoms with van der Waals surface area (Å²) in [5.74, 6) is -0.578. The van der Waals surface area contributed by atoms with Gasteiger partial charge in [-0.15, -0.1) is 0 Å². The summed E-state index contributed by atoms with van der Waals surface area (Å²) in [6.07, 6.45) is 2.12. The predicted octanol–water partition coefficient (Wildman–Crippen LogP) is 2.95. The lowest BCUT2D eigenvalue weighted by atomic mass is 10.2. The van der Waals surface area contributed by atoms with Gasteiger partial charge in [-0.05, 0) is 49.2 Å². The fourth-order valence-electron chi connectivity index (χ4n) is 2.73. The average molecular weight is 400 g/mol. The van der Waals surface area contributed by atoms with Crippen LogP contribution in [0.1, 0.15) is 23.2 Å². The zero-order valence-corrected chi connectivity index (χ0v) is 15.5. The number of hydrogen-bond acceptors (Lipinski definition) is 7. The molecule has 29 heavy (non-hydrogen) atoms. The number of nitro groups is 1. The minimum absolute atomic E-state index is 0.0855. The SMILES string of the molecule is O=C(COC(=O)c1ccc(OC[C@H]2CCCO2)cc1)Nc1ccc([N+](=O)[O-])cc1. The molecule has 0 radical (unpaired) electrons. The molecular formula is C20H20N2O7. The highest BCUT2D eigenvalue weighted by Gasteiger charge is 2.16. The van der Waals surface area contributed by atoms with Gasteiger partial charge in [0.25, 0.3) is 11.6 Å². The van der Waals surface area contributed by atoms with E-state index in [4.69, 9.17) is 14.2 Å². The Morgan fingerprint density at radius 1 is 1.14 bits per heavy atom. The highest BCUT2D eigenvalue weighted by Crippen LogP contribution is 2.17. The van der Waals surface area contributed by atoms with Crippen LogP contribution in [0.5, 0.6) is 5.75 Å². The number of anilines is 1. The number of benzene rings is 2. The van der Waals surface area contributed by atoms with Crippen LogP contribution in [0.3, 0.4) is 0 Å². The monoisotopic (exact) mass is 400 g/mol. The molecule has 1 aliphatic rings. The van der Waals surface area contributed by atoms with Crippen molar-refractivity contribution in [2.75, 3.05) is 25.1 Å². The van der Waals surface area contributed by atoms with Gasteiger partial charge >= 0.3 is 5.97 Å². The van der Waals surface area contributed by atoms with Gasteiger partial charge in [-0.25, -0.2) is 4.79 Å². The van der Waals surface area contributed by atoms with Crippen LogP contribution >= 0.6 is 0 Å². The summed E-state index contributed by atoms with van der Waals surface area (Å²) < 4.78 is 16.1. The van der Waals surface area contributed by atoms with Crippen LogP contribution < -0.4 is 10.1 Å². The number of esters is 1. The molecular weight excluding hydrogens is 380 g/mol. The van der Waals surface area contributed by atoms with Crippen LogP contribution in [0, 0.1) is 10.1 Å². The number of non-ortho nitro benzene ring substituents is 1. The van der Waals surface area contributed by atoms with Crippen LogP contribution in [0.2, 0.25) is 0 Å².